The molecule has 0 amide bonds. The molecule has 0 unspecified atom stereocenters. The zero-order chi connectivity index (χ0) is 22.5. The summed E-state index contributed by atoms with van der Waals surface area (Å²) >= 11 is 0. The smallest absolute Gasteiger partial charge is 0.324 e. The summed E-state index contributed by atoms with van der Waals surface area (Å²) < 4.78 is 89.0. The first-order chi connectivity index (χ1) is 12.7. The summed E-state index contributed by atoms with van der Waals surface area (Å²) in [4.78, 5) is 0. The lowest BCUT2D eigenvalue weighted by molar-refractivity contribution is -0.929. The van der Waals surface area contributed by atoms with E-state index in [4.69, 9.17) is 0 Å². The Balaban J connectivity index is 0. The minimum Gasteiger partial charge on any atom is -0.324 e. The van der Waals surface area contributed by atoms with Crippen molar-refractivity contribution in [3.8, 4) is 0 Å². The number of quaternary nitrogens is 1. The van der Waals surface area contributed by atoms with Gasteiger partial charge in [-0.2, -0.15) is 35.1 Å². The highest BCUT2D eigenvalue weighted by Gasteiger charge is 2.74. The van der Waals surface area contributed by atoms with Crippen molar-refractivity contribution in [3.63, 3.8) is 0 Å². The molecule has 0 aromatic carbocycles. The van der Waals surface area contributed by atoms with Gasteiger partial charge in [-0.1, -0.05) is 53.4 Å². The average molecular weight is 430 g/mol. The molecule has 172 valence electrons. The molecule has 0 aromatic heterocycles. The summed E-state index contributed by atoms with van der Waals surface area (Å²) in [5.41, 5.74) is 0. The summed E-state index contributed by atoms with van der Waals surface area (Å²) in [6, 6.07) is 0. The molecule has 0 saturated carbocycles. The first-order valence-electron chi connectivity index (χ1n) is 10.1. The van der Waals surface area contributed by atoms with Gasteiger partial charge in [0.05, 0.1) is 26.2 Å². The molecule has 0 radical (unpaired) electrons. The van der Waals surface area contributed by atoms with E-state index in [9.17, 15) is 35.1 Å². The molecule has 0 rings (SSSR count). The summed E-state index contributed by atoms with van der Waals surface area (Å²) in [5.74, 6) is -6.62. The molecular formula is C19H36F8N+. The second kappa shape index (κ2) is 13.6. The highest BCUT2D eigenvalue weighted by molar-refractivity contribution is 4.83. The van der Waals surface area contributed by atoms with Crippen LogP contribution >= 0.6 is 0 Å². The van der Waals surface area contributed by atoms with Gasteiger partial charge < -0.3 is 4.48 Å². The molecule has 0 aliphatic rings. The number of hydrogen-bond acceptors (Lipinski definition) is 0. The van der Waals surface area contributed by atoms with Crippen LogP contribution in [0.4, 0.5) is 35.1 Å². The van der Waals surface area contributed by atoms with Gasteiger partial charge >= 0.3 is 18.3 Å². The average Bonchev–Trinajstić information content (AvgIpc) is 2.59. The number of unbranched alkanes of at least 4 members (excludes halogenated alkanes) is 4. The van der Waals surface area contributed by atoms with Crippen LogP contribution in [-0.4, -0.2) is 48.9 Å². The molecule has 0 aliphatic carbocycles. The lowest BCUT2D eigenvalue weighted by Gasteiger charge is -2.39. The van der Waals surface area contributed by atoms with E-state index in [0.29, 0.717) is 0 Å². The number of rotatable bonds is 12. The molecule has 0 aromatic rings. The molecule has 0 bridgehead atoms. The molecule has 1 nitrogen and oxygen atoms in total. The lowest BCUT2D eigenvalue weighted by Crippen LogP contribution is -2.50. The largest absolute Gasteiger partial charge is 0.463 e. The number of nitrogens with zero attached hydrogens (tertiary/aromatic N) is 1. The van der Waals surface area contributed by atoms with E-state index in [1.54, 1.807) is 0 Å². The molecular weight excluding hydrogens is 394 g/mol. The van der Waals surface area contributed by atoms with Crippen LogP contribution in [0.5, 0.6) is 0 Å². The van der Waals surface area contributed by atoms with Crippen LogP contribution < -0.4 is 0 Å². The molecule has 0 heterocycles. The highest BCUT2D eigenvalue weighted by Crippen LogP contribution is 2.46. The fourth-order valence-electron chi connectivity index (χ4n) is 2.81. The van der Waals surface area contributed by atoms with E-state index in [2.05, 4.69) is 27.7 Å². The Kier molecular flexibility index (Phi) is 14.4. The summed E-state index contributed by atoms with van der Waals surface area (Å²) in [6.45, 7) is 15.0. The molecule has 0 aliphatic heterocycles. The predicted octanol–water partition coefficient (Wildman–Crippen LogP) is 7.75. The van der Waals surface area contributed by atoms with Gasteiger partial charge in [-0.05, 0) is 25.7 Å². The zero-order valence-electron chi connectivity index (χ0n) is 17.5. The molecule has 9 heteroatoms. The van der Waals surface area contributed by atoms with Crippen molar-refractivity contribution in [2.24, 2.45) is 0 Å². The standard InChI is InChI=1S/C16H36N.C3F8/c1-5-9-13-17(14-10-6-2,15-11-7-3)16-12-8-4;4-1(5,2(6,7)8)3(9,10)11/h5-16H2,1-4H3;/q+1;. The minimum atomic E-state index is -6.62. The Morgan fingerprint density at radius 3 is 0.786 bits per heavy atom. The highest BCUT2D eigenvalue weighted by atomic mass is 19.5. The first-order valence-corrected chi connectivity index (χ1v) is 10.1. The Morgan fingerprint density at radius 1 is 0.464 bits per heavy atom. The van der Waals surface area contributed by atoms with E-state index in [1.165, 1.54) is 82.0 Å². The van der Waals surface area contributed by atoms with Gasteiger partial charge in [0, 0.05) is 0 Å². The van der Waals surface area contributed by atoms with Gasteiger partial charge in [0.2, 0.25) is 0 Å². The molecule has 0 atom stereocenters. The van der Waals surface area contributed by atoms with Crippen LogP contribution in [0.1, 0.15) is 79.1 Å². The SMILES string of the molecule is CCCC[N+](CCCC)(CCCC)CCCC.FC(F)(F)C(F)(F)C(F)(F)F. The third-order valence-electron chi connectivity index (χ3n) is 4.66. The molecule has 0 saturated heterocycles. The van der Waals surface area contributed by atoms with Gasteiger partial charge in [-0.25, -0.2) is 0 Å². The Morgan fingerprint density at radius 2 is 0.679 bits per heavy atom. The third-order valence-corrected chi connectivity index (χ3v) is 4.66. The second-order valence-electron chi connectivity index (χ2n) is 7.22. The zero-order valence-corrected chi connectivity index (χ0v) is 17.5. The second-order valence-corrected chi connectivity index (χ2v) is 7.22. The van der Waals surface area contributed by atoms with Gasteiger partial charge in [0.25, 0.3) is 0 Å². The summed E-state index contributed by atoms with van der Waals surface area (Å²) in [6.07, 6.45) is -2.09. The first kappa shape index (κ1) is 29.6. The normalized spacial score (nSPS) is 13.3. The van der Waals surface area contributed by atoms with Crippen molar-refractivity contribution in [2.45, 2.75) is 97.3 Å². The monoisotopic (exact) mass is 430 g/mol. The van der Waals surface area contributed by atoms with Gasteiger partial charge in [-0.3, -0.25) is 0 Å². The lowest BCUT2D eigenvalue weighted by atomic mass is 10.1. The van der Waals surface area contributed by atoms with E-state index >= 15 is 0 Å². The van der Waals surface area contributed by atoms with Crippen molar-refractivity contribution in [3.05, 3.63) is 0 Å². The topological polar surface area (TPSA) is 0 Å². The molecule has 0 spiro atoms. The maximum absolute atomic E-state index is 11.2. The third kappa shape index (κ3) is 10.8. The van der Waals surface area contributed by atoms with Crippen molar-refractivity contribution < 1.29 is 39.6 Å². The van der Waals surface area contributed by atoms with Crippen LogP contribution in [0, 0.1) is 0 Å². The van der Waals surface area contributed by atoms with Crippen LogP contribution in [0.15, 0.2) is 0 Å². The van der Waals surface area contributed by atoms with Crippen molar-refractivity contribution in [1.82, 2.24) is 0 Å². The Hall–Kier alpha value is -0.600. The molecule has 0 fully saturated rings. The van der Waals surface area contributed by atoms with Gasteiger partial charge in [-0.15, -0.1) is 0 Å². The number of alkyl halides is 8. The quantitative estimate of drug-likeness (QED) is 0.219. The van der Waals surface area contributed by atoms with Crippen molar-refractivity contribution >= 4 is 0 Å². The fraction of sp³-hybridized carbons (Fsp3) is 1.00. The van der Waals surface area contributed by atoms with E-state index in [1.807, 2.05) is 0 Å². The van der Waals surface area contributed by atoms with Crippen LogP contribution in [0.2, 0.25) is 0 Å². The fourth-order valence-corrected chi connectivity index (χ4v) is 2.81. The van der Waals surface area contributed by atoms with E-state index in [-0.39, 0.29) is 0 Å². The Bertz CT molecular complexity index is 324. The van der Waals surface area contributed by atoms with Crippen LogP contribution in [0.25, 0.3) is 0 Å². The summed E-state index contributed by atoms with van der Waals surface area (Å²) in [7, 11) is 0. The van der Waals surface area contributed by atoms with Crippen molar-refractivity contribution in [1.29, 1.82) is 0 Å². The van der Waals surface area contributed by atoms with E-state index < -0.39 is 18.3 Å². The maximum atomic E-state index is 11.2. The Labute approximate surface area is 164 Å². The van der Waals surface area contributed by atoms with Gasteiger partial charge in [0.15, 0.2) is 0 Å². The van der Waals surface area contributed by atoms with Crippen LogP contribution in [0.3, 0.4) is 0 Å². The van der Waals surface area contributed by atoms with Gasteiger partial charge in [0.1, 0.15) is 0 Å². The van der Waals surface area contributed by atoms with Crippen molar-refractivity contribution in [2.75, 3.05) is 26.2 Å². The summed E-state index contributed by atoms with van der Waals surface area (Å²) in [5, 5.41) is 0. The number of hydrogen-bond donors (Lipinski definition) is 0. The number of halogens is 8. The molecule has 0 N–H and O–H groups in total. The minimum absolute atomic E-state index is 1.35. The maximum Gasteiger partial charge on any atom is 0.463 e. The molecule has 28 heavy (non-hydrogen) atoms. The van der Waals surface area contributed by atoms with Crippen LogP contribution in [-0.2, 0) is 0 Å². The van der Waals surface area contributed by atoms with E-state index in [0.717, 1.165) is 0 Å². The predicted molar refractivity (Wildman–Crippen MR) is 96.4 cm³/mol.